The molecule has 0 saturated carbocycles. The van der Waals surface area contributed by atoms with Crippen LogP contribution in [-0.4, -0.2) is 22.9 Å². The molecular weight excluding hydrogens is 388 g/mol. The number of hydrogen-bond donors (Lipinski definition) is 0. The summed E-state index contributed by atoms with van der Waals surface area (Å²) in [7, 11) is 1.63. The van der Waals surface area contributed by atoms with Crippen LogP contribution in [0.15, 0.2) is 97.2 Å². The number of benzene rings is 3. The van der Waals surface area contributed by atoms with Gasteiger partial charge in [-0.25, -0.2) is 9.48 Å². The first kappa shape index (κ1) is 20.2. The molecule has 1 heterocycles. The summed E-state index contributed by atoms with van der Waals surface area (Å²) in [6.45, 7) is 0.235. The zero-order valence-electron chi connectivity index (χ0n) is 17.1. The Morgan fingerprint density at radius 3 is 2.29 bits per heavy atom. The molecule has 1 aromatic heterocycles. The lowest BCUT2D eigenvalue weighted by Gasteiger charge is -2.03. The van der Waals surface area contributed by atoms with Crippen LogP contribution in [0.1, 0.15) is 11.1 Å². The summed E-state index contributed by atoms with van der Waals surface area (Å²) in [5.74, 6) is 0.366. The molecule has 4 aromatic rings. The van der Waals surface area contributed by atoms with E-state index < -0.39 is 5.97 Å². The summed E-state index contributed by atoms with van der Waals surface area (Å²) in [5, 5.41) is 4.75. The van der Waals surface area contributed by atoms with Gasteiger partial charge >= 0.3 is 5.97 Å². The summed E-state index contributed by atoms with van der Waals surface area (Å²) in [6, 6.07) is 27.1. The van der Waals surface area contributed by atoms with Gasteiger partial charge in [-0.1, -0.05) is 48.5 Å². The molecule has 0 amide bonds. The summed E-state index contributed by atoms with van der Waals surface area (Å²) in [5.41, 5.74) is 4.38. The Morgan fingerprint density at radius 2 is 1.61 bits per heavy atom. The van der Waals surface area contributed by atoms with Crippen LogP contribution in [0, 0.1) is 0 Å². The molecule has 4 rings (SSSR count). The fraction of sp³-hybridized carbons (Fsp3) is 0.0769. The van der Waals surface area contributed by atoms with Gasteiger partial charge in [-0.3, -0.25) is 0 Å². The van der Waals surface area contributed by atoms with Gasteiger partial charge in [0, 0.05) is 23.4 Å². The molecule has 0 aliphatic heterocycles. The number of aromatic nitrogens is 2. The zero-order chi connectivity index (χ0) is 21.5. The maximum absolute atomic E-state index is 12.2. The molecule has 0 fully saturated rings. The molecule has 3 aromatic carbocycles. The van der Waals surface area contributed by atoms with E-state index in [9.17, 15) is 4.79 Å². The van der Waals surface area contributed by atoms with Crippen LogP contribution in [-0.2, 0) is 16.1 Å². The Hall–Kier alpha value is -4.12. The minimum atomic E-state index is -0.406. The molecule has 0 atom stereocenters. The van der Waals surface area contributed by atoms with E-state index in [0.29, 0.717) is 0 Å². The van der Waals surface area contributed by atoms with Crippen molar-refractivity contribution in [3.63, 3.8) is 0 Å². The molecular formula is C26H22N2O3. The molecule has 0 aliphatic carbocycles. The van der Waals surface area contributed by atoms with Gasteiger partial charge in [-0.15, -0.1) is 0 Å². The first-order valence-electron chi connectivity index (χ1n) is 9.91. The molecule has 0 aliphatic rings. The van der Waals surface area contributed by atoms with E-state index in [0.717, 1.165) is 33.8 Å². The van der Waals surface area contributed by atoms with Crippen LogP contribution in [0.2, 0.25) is 0 Å². The van der Waals surface area contributed by atoms with Gasteiger partial charge in [0.25, 0.3) is 0 Å². The van der Waals surface area contributed by atoms with Gasteiger partial charge in [0.2, 0.25) is 0 Å². The number of hydrogen-bond acceptors (Lipinski definition) is 4. The number of para-hydroxylation sites is 1. The van der Waals surface area contributed by atoms with Gasteiger partial charge in [-0.2, -0.15) is 5.10 Å². The van der Waals surface area contributed by atoms with Crippen LogP contribution in [0.3, 0.4) is 0 Å². The van der Waals surface area contributed by atoms with Crippen molar-refractivity contribution in [2.75, 3.05) is 7.11 Å². The first-order valence-corrected chi connectivity index (χ1v) is 9.91. The van der Waals surface area contributed by atoms with Gasteiger partial charge in [0.05, 0.1) is 18.5 Å². The quantitative estimate of drug-likeness (QED) is 0.306. The van der Waals surface area contributed by atoms with E-state index in [1.165, 1.54) is 6.08 Å². The highest BCUT2D eigenvalue weighted by atomic mass is 16.5. The summed E-state index contributed by atoms with van der Waals surface area (Å²) in [4.78, 5) is 12.2. The normalized spacial score (nSPS) is 10.9. The number of rotatable bonds is 7. The average molecular weight is 410 g/mol. The van der Waals surface area contributed by atoms with Crippen LogP contribution in [0.4, 0.5) is 0 Å². The molecule has 0 bridgehead atoms. The lowest BCUT2D eigenvalue weighted by molar-refractivity contribution is -0.138. The predicted octanol–water partition coefficient (Wildman–Crippen LogP) is 5.30. The minimum absolute atomic E-state index is 0.235. The summed E-state index contributed by atoms with van der Waals surface area (Å²) >= 11 is 0. The molecule has 5 heteroatoms. The maximum Gasteiger partial charge on any atom is 0.331 e. The second-order valence-corrected chi connectivity index (χ2v) is 6.87. The van der Waals surface area contributed by atoms with Crippen molar-refractivity contribution in [3.8, 4) is 22.7 Å². The Labute approximate surface area is 181 Å². The Balaban J connectivity index is 1.59. The molecule has 0 radical (unpaired) electrons. The fourth-order valence-electron chi connectivity index (χ4n) is 3.13. The van der Waals surface area contributed by atoms with Gasteiger partial charge in [-0.05, 0) is 48.0 Å². The molecule has 5 nitrogen and oxygen atoms in total. The second-order valence-electron chi connectivity index (χ2n) is 6.87. The van der Waals surface area contributed by atoms with Crippen molar-refractivity contribution in [1.29, 1.82) is 0 Å². The van der Waals surface area contributed by atoms with Gasteiger partial charge < -0.3 is 9.47 Å². The topological polar surface area (TPSA) is 53.4 Å². The lowest BCUT2D eigenvalue weighted by atomic mass is 10.1. The van der Waals surface area contributed by atoms with Crippen LogP contribution in [0.5, 0.6) is 5.75 Å². The number of carbonyl (C=O) groups is 1. The van der Waals surface area contributed by atoms with Crippen LogP contribution in [0.25, 0.3) is 23.0 Å². The minimum Gasteiger partial charge on any atom is -0.497 e. The van der Waals surface area contributed by atoms with Crippen molar-refractivity contribution in [2.45, 2.75) is 6.61 Å². The van der Waals surface area contributed by atoms with Gasteiger partial charge in [0.15, 0.2) is 0 Å². The van der Waals surface area contributed by atoms with E-state index in [-0.39, 0.29) is 6.61 Å². The average Bonchev–Trinajstić information content (AvgIpc) is 3.27. The van der Waals surface area contributed by atoms with Gasteiger partial charge in [0.1, 0.15) is 12.4 Å². The van der Waals surface area contributed by atoms with E-state index in [1.54, 1.807) is 17.9 Å². The van der Waals surface area contributed by atoms with E-state index in [2.05, 4.69) is 0 Å². The zero-order valence-corrected chi connectivity index (χ0v) is 17.1. The van der Waals surface area contributed by atoms with E-state index >= 15 is 0 Å². The van der Waals surface area contributed by atoms with Crippen molar-refractivity contribution >= 4 is 12.0 Å². The molecule has 154 valence electrons. The van der Waals surface area contributed by atoms with Crippen molar-refractivity contribution in [1.82, 2.24) is 9.78 Å². The van der Waals surface area contributed by atoms with Crippen LogP contribution < -0.4 is 4.74 Å². The number of methoxy groups -OCH3 is 1. The van der Waals surface area contributed by atoms with Crippen molar-refractivity contribution < 1.29 is 14.3 Å². The Kier molecular flexibility index (Phi) is 6.24. The highest BCUT2D eigenvalue weighted by molar-refractivity contribution is 5.88. The SMILES string of the molecule is COc1ccc(-c2nn(-c3ccccc3)cc2/C=C/C(=O)OCc2ccccc2)cc1. The van der Waals surface area contributed by atoms with E-state index in [4.69, 9.17) is 14.6 Å². The smallest absolute Gasteiger partial charge is 0.331 e. The molecule has 0 spiro atoms. The number of nitrogens with zero attached hydrogens (tertiary/aromatic N) is 2. The second kappa shape index (κ2) is 9.59. The largest absolute Gasteiger partial charge is 0.497 e. The Bertz CT molecular complexity index is 1160. The fourth-order valence-corrected chi connectivity index (χ4v) is 3.13. The summed E-state index contributed by atoms with van der Waals surface area (Å²) in [6.07, 6.45) is 5.07. The highest BCUT2D eigenvalue weighted by Gasteiger charge is 2.11. The maximum atomic E-state index is 12.2. The molecule has 31 heavy (non-hydrogen) atoms. The first-order chi connectivity index (χ1) is 15.2. The Morgan fingerprint density at radius 1 is 0.935 bits per heavy atom. The monoisotopic (exact) mass is 410 g/mol. The number of ether oxygens (including phenoxy) is 2. The third-order valence-electron chi connectivity index (χ3n) is 4.75. The van der Waals surface area contributed by atoms with E-state index in [1.807, 2.05) is 91.1 Å². The molecule has 0 N–H and O–H groups in total. The molecule has 0 unspecified atom stereocenters. The lowest BCUT2D eigenvalue weighted by Crippen LogP contribution is -2.00. The van der Waals surface area contributed by atoms with Crippen molar-refractivity contribution in [2.24, 2.45) is 0 Å². The summed E-state index contributed by atoms with van der Waals surface area (Å²) < 4.78 is 12.4. The molecule has 0 saturated heterocycles. The highest BCUT2D eigenvalue weighted by Crippen LogP contribution is 2.26. The third-order valence-corrected chi connectivity index (χ3v) is 4.75. The predicted molar refractivity (Wildman–Crippen MR) is 121 cm³/mol. The standard InChI is InChI=1S/C26H22N2O3/c1-30-24-15-12-21(13-16-24)26-22(18-28(27-26)23-10-6-3-7-11-23)14-17-25(29)31-19-20-8-4-2-5-9-20/h2-18H,19H2,1H3/b17-14+. The number of carbonyl (C=O) groups excluding carboxylic acids is 1. The number of esters is 1. The van der Waals surface area contributed by atoms with Crippen LogP contribution >= 0.6 is 0 Å². The van der Waals surface area contributed by atoms with Crippen molar-refractivity contribution in [3.05, 3.63) is 108 Å². The third kappa shape index (κ3) is 5.08.